The van der Waals surface area contributed by atoms with Crippen molar-refractivity contribution in [3.63, 3.8) is 0 Å². The smallest absolute Gasteiger partial charge is 0.124 e. The fourth-order valence-electron chi connectivity index (χ4n) is 3.52. The molecule has 0 spiro atoms. The summed E-state index contributed by atoms with van der Waals surface area (Å²) in [5.41, 5.74) is 1.20. The third-order valence-corrected chi connectivity index (χ3v) is 4.63. The lowest BCUT2D eigenvalue weighted by molar-refractivity contribution is 0.481. The van der Waals surface area contributed by atoms with Gasteiger partial charge >= 0.3 is 0 Å². The summed E-state index contributed by atoms with van der Waals surface area (Å²) in [4.78, 5) is 0. The van der Waals surface area contributed by atoms with Gasteiger partial charge < -0.3 is 10.2 Å². The molecular weight excluding hydrogens is 284 g/mol. The second kappa shape index (κ2) is 4.88. The largest absolute Gasteiger partial charge is 0.507 e. The van der Waals surface area contributed by atoms with Crippen molar-refractivity contribution in [2.75, 3.05) is 0 Å². The van der Waals surface area contributed by atoms with Crippen LogP contribution in [0.15, 0.2) is 54.6 Å². The minimum Gasteiger partial charge on any atom is -0.507 e. The summed E-state index contributed by atoms with van der Waals surface area (Å²) in [5.74, 6) is 0.865. The maximum atomic E-state index is 10.5. The Bertz CT molecular complexity index is 1060. The van der Waals surface area contributed by atoms with Gasteiger partial charge in [0.15, 0.2) is 0 Å². The molecule has 0 heterocycles. The van der Waals surface area contributed by atoms with Gasteiger partial charge in [0.1, 0.15) is 11.5 Å². The Morgan fingerprint density at radius 3 is 2.04 bits per heavy atom. The molecule has 0 aromatic heterocycles. The van der Waals surface area contributed by atoms with E-state index in [0.717, 1.165) is 32.3 Å². The predicted octanol–water partition coefficient (Wildman–Crippen LogP) is 5.68. The molecule has 0 aliphatic heterocycles. The zero-order valence-electron chi connectivity index (χ0n) is 13.2. The first-order valence-corrected chi connectivity index (χ1v) is 7.87. The molecule has 0 saturated heterocycles. The summed E-state index contributed by atoms with van der Waals surface area (Å²) in [6.45, 7) is 4.29. The third kappa shape index (κ3) is 1.95. The van der Waals surface area contributed by atoms with Crippen LogP contribution in [0.2, 0.25) is 0 Å². The zero-order valence-corrected chi connectivity index (χ0v) is 13.2. The van der Waals surface area contributed by atoms with Crippen LogP contribution < -0.4 is 0 Å². The van der Waals surface area contributed by atoms with Crippen molar-refractivity contribution in [1.29, 1.82) is 0 Å². The van der Waals surface area contributed by atoms with Crippen LogP contribution in [0.4, 0.5) is 0 Å². The maximum Gasteiger partial charge on any atom is 0.124 e. The second-order valence-electron chi connectivity index (χ2n) is 6.35. The van der Waals surface area contributed by atoms with Crippen LogP contribution in [0, 0.1) is 0 Å². The summed E-state index contributed by atoms with van der Waals surface area (Å²) >= 11 is 0. The van der Waals surface area contributed by atoms with Crippen LogP contribution in [0.25, 0.3) is 32.3 Å². The van der Waals surface area contributed by atoms with Gasteiger partial charge in [0, 0.05) is 10.8 Å². The van der Waals surface area contributed by atoms with Gasteiger partial charge in [-0.2, -0.15) is 0 Å². The Labute approximate surface area is 134 Å². The Hall–Kier alpha value is -2.74. The van der Waals surface area contributed by atoms with E-state index in [9.17, 15) is 10.2 Å². The molecule has 0 unspecified atom stereocenters. The minimum atomic E-state index is 0.245. The number of rotatable bonds is 1. The number of phenols is 2. The van der Waals surface area contributed by atoms with Crippen molar-refractivity contribution in [3.05, 3.63) is 60.2 Å². The fraction of sp³-hybridized carbons (Fsp3) is 0.143. The van der Waals surface area contributed by atoms with Crippen LogP contribution in [-0.4, -0.2) is 10.2 Å². The lowest BCUT2D eigenvalue weighted by Crippen LogP contribution is -1.91. The maximum absolute atomic E-state index is 10.5. The van der Waals surface area contributed by atoms with Gasteiger partial charge in [-0.15, -0.1) is 0 Å². The van der Waals surface area contributed by atoms with Crippen molar-refractivity contribution in [2.45, 2.75) is 19.8 Å². The molecule has 0 radical (unpaired) electrons. The number of aromatic hydroxyl groups is 2. The lowest BCUT2D eigenvalue weighted by atomic mass is 9.91. The highest BCUT2D eigenvalue weighted by atomic mass is 16.3. The quantitative estimate of drug-likeness (QED) is 0.444. The van der Waals surface area contributed by atoms with Crippen molar-refractivity contribution in [3.8, 4) is 11.5 Å². The molecule has 2 N–H and O–H groups in total. The molecule has 23 heavy (non-hydrogen) atoms. The molecule has 0 saturated carbocycles. The Balaban J connectivity index is 2.28. The first-order valence-electron chi connectivity index (χ1n) is 7.87. The molecule has 4 aromatic carbocycles. The minimum absolute atomic E-state index is 0.245. The zero-order chi connectivity index (χ0) is 16.1. The van der Waals surface area contributed by atoms with E-state index >= 15 is 0 Å². The first kappa shape index (κ1) is 13.9. The first-order chi connectivity index (χ1) is 11.1. The van der Waals surface area contributed by atoms with Gasteiger partial charge in [-0.1, -0.05) is 56.3 Å². The van der Waals surface area contributed by atoms with E-state index in [1.165, 1.54) is 5.56 Å². The molecule has 0 bridgehead atoms. The molecule has 0 atom stereocenters. The lowest BCUT2D eigenvalue weighted by Gasteiger charge is -2.15. The second-order valence-corrected chi connectivity index (χ2v) is 6.35. The van der Waals surface area contributed by atoms with Crippen LogP contribution >= 0.6 is 0 Å². The normalized spacial score (nSPS) is 11.8. The van der Waals surface area contributed by atoms with Crippen LogP contribution in [0.3, 0.4) is 0 Å². The van der Waals surface area contributed by atoms with Gasteiger partial charge in [0.25, 0.3) is 0 Å². The Kier molecular flexibility index (Phi) is 2.95. The van der Waals surface area contributed by atoms with Crippen molar-refractivity contribution >= 4 is 32.3 Å². The van der Waals surface area contributed by atoms with E-state index in [4.69, 9.17) is 0 Å². The summed E-state index contributed by atoms with van der Waals surface area (Å²) in [6.07, 6.45) is 0. The van der Waals surface area contributed by atoms with Crippen molar-refractivity contribution in [2.24, 2.45) is 0 Å². The summed E-state index contributed by atoms with van der Waals surface area (Å²) in [6, 6.07) is 17.5. The number of hydrogen-bond donors (Lipinski definition) is 2. The van der Waals surface area contributed by atoms with E-state index in [1.807, 2.05) is 30.3 Å². The van der Waals surface area contributed by atoms with Gasteiger partial charge in [-0.05, 0) is 45.2 Å². The van der Waals surface area contributed by atoms with E-state index in [0.29, 0.717) is 5.92 Å². The average molecular weight is 302 g/mol. The van der Waals surface area contributed by atoms with Crippen molar-refractivity contribution < 1.29 is 10.2 Å². The Morgan fingerprint density at radius 2 is 1.30 bits per heavy atom. The summed E-state index contributed by atoms with van der Waals surface area (Å²) in [5, 5.41) is 26.5. The standard InChI is InChI=1S/C21H18O2/c1-12(2)13-9-10-19(22)21-17(13)8-7-15-14-5-3-4-6-16(14)20(23)11-18(15)21/h3-12,22-23H,1-2H3. The molecule has 2 heteroatoms. The molecule has 4 rings (SSSR count). The Morgan fingerprint density at radius 1 is 0.652 bits per heavy atom. The fourth-order valence-corrected chi connectivity index (χ4v) is 3.52. The topological polar surface area (TPSA) is 40.5 Å². The van der Waals surface area contributed by atoms with Crippen LogP contribution in [0.1, 0.15) is 25.3 Å². The molecule has 114 valence electrons. The highest BCUT2D eigenvalue weighted by Crippen LogP contribution is 2.41. The van der Waals surface area contributed by atoms with E-state index in [-0.39, 0.29) is 11.5 Å². The monoisotopic (exact) mass is 302 g/mol. The molecular formula is C21H18O2. The van der Waals surface area contributed by atoms with Gasteiger partial charge in [-0.3, -0.25) is 0 Å². The SMILES string of the molecule is CC(C)c1ccc(O)c2c1ccc1c3ccccc3c(O)cc12. The highest BCUT2D eigenvalue weighted by Gasteiger charge is 2.14. The molecule has 0 aliphatic carbocycles. The van der Waals surface area contributed by atoms with Crippen molar-refractivity contribution in [1.82, 2.24) is 0 Å². The van der Waals surface area contributed by atoms with Gasteiger partial charge in [-0.25, -0.2) is 0 Å². The molecule has 0 amide bonds. The van der Waals surface area contributed by atoms with Gasteiger partial charge in [0.05, 0.1) is 0 Å². The number of hydrogen-bond acceptors (Lipinski definition) is 2. The predicted molar refractivity (Wildman–Crippen MR) is 96.4 cm³/mol. The van der Waals surface area contributed by atoms with Crippen LogP contribution in [0.5, 0.6) is 11.5 Å². The van der Waals surface area contributed by atoms with E-state index in [1.54, 1.807) is 12.1 Å². The molecule has 2 nitrogen and oxygen atoms in total. The number of benzene rings is 4. The summed E-state index contributed by atoms with van der Waals surface area (Å²) < 4.78 is 0. The average Bonchev–Trinajstić information content (AvgIpc) is 2.54. The van der Waals surface area contributed by atoms with E-state index < -0.39 is 0 Å². The third-order valence-electron chi connectivity index (χ3n) is 4.63. The molecule has 0 aliphatic rings. The molecule has 4 aromatic rings. The van der Waals surface area contributed by atoms with E-state index in [2.05, 4.69) is 26.0 Å². The summed E-state index contributed by atoms with van der Waals surface area (Å²) in [7, 11) is 0. The highest BCUT2D eigenvalue weighted by molar-refractivity contribution is 6.20. The number of fused-ring (bicyclic) bond motifs is 5. The number of phenolic OH excluding ortho intramolecular Hbond substituents is 2. The molecule has 0 fully saturated rings. The van der Waals surface area contributed by atoms with Gasteiger partial charge in [0.2, 0.25) is 0 Å². The van der Waals surface area contributed by atoms with Crippen LogP contribution in [-0.2, 0) is 0 Å².